The Morgan fingerprint density at radius 1 is 1.19 bits per heavy atom. The zero-order valence-corrected chi connectivity index (χ0v) is 15.0. The van der Waals surface area contributed by atoms with Crippen molar-refractivity contribution in [3.05, 3.63) is 52.6 Å². The van der Waals surface area contributed by atoms with Crippen molar-refractivity contribution in [3.8, 4) is 17.2 Å². The molecule has 0 saturated carbocycles. The van der Waals surface area contributed by atoms with E-state index in [2.05, 4.69) is 17.3 Å². The van der Waals surface area contributed by atoms with Crippen molar-refractivity contribution in [1.82, 2.24) is 10.2 Å². The average molecular weight is 354 g/mol. The van der Waals surface area contributed by atoms with Gasteiger partial charge in [0.05, 0.1) is 7.11 Å². The van der Waals surface area contributed by atoms with Gasteiger partial charge in [0.2, 0.25) is 12.5 Å². The van der Waals surface area contributed by atoms with Crippen molar-refractivity contribution in [2.45, 2.75) is 19.5 Å². The predicted octanol–water partition coefficient (Wildman–Crippen LogP) is 2.34. The maximum absolute atomic E-state index is 12.4. The summed E-state index contributed by atoms with van der Waals surface area (Å²) in [4.78, 5) is 14.7. The van der Waals surface area contributed by atoms with Gasteiger partial charge in [-0.15, -0.1) is 0 Å². The summed E-state index contributed by atoms with van der Waals surface area (Å²) in [5.41, 5.74) is 3.95. The molecule has 0 aromatic heterocycles. The molecule has 136 valence electrons. The summed E-state index contributed by atoms with van der Waals surface area (Å²) >= 11 is 0. The van der Waals surface area contributed by atoms with Gasteiger partial charge in [0.25, 0.3) is 5.91 Å². The van der Waals surface area contributed by atoms with E-state index in [-0.39, 0.29) is 12.7 Å². The molecule has 1 amide bonds. The van der Waals surface area contributed by atoms with Crippen LogP contribution in [0.15, 0.2) is 30.3 Å². The molecule has 0 atom stereocenters. The molecular weight excluding hydrogens is 332 g/mol. The van der Waals surface area contributed by atoms with E-state index in [1.807, 2.05) is 18.2 Å². The van der Waals surface area contributed by atoms with Gasteiger partial charge in [-0.3, -0.25) is 4.79 Å². The van der Waals surface area contributed by atoms with E-state index in [9.17, 15) is 4.79 Å². The number of hydrogen-bond acceptors (Lipinski definition) is 5. The number of likely N-dealkylation sites (N-methyl/N-ethyl adjacent to an activating group) is 1. The number of fused-ring (bicyclic) bond motifs is 2. The quantitative estimate of drug-likeness (QED) is 0.913. The fourth-order valence-electron chi connectivity index (χ4n) is 3.65. The van der Waals surface area contributed by atoms with Crippen molar-refractivity contribution in [2.75, 3.05) is 27.5 Å². The third-order valence-corrected chi connectivity index (χ3v) is 4.93. The average Bonchev–Trinajstić information content (AvgIpc) is 3.15. The molecule has 1 N–H and O–H groups in total. The van der Waals surface area contributed by atoms with E-state index in [0.29, 0.717) is 23.6 Å². The molecule has 0 fully saturated rings. The normalized spacial score (nSPS) is 15.5. The van der Waals surface area contributed by atoms with Crippen LogP contribution in [-0.2, 0) is 19.5 Å². The van der Waals surface area contributed by atoms with Gasteiger partial charge >= 0.3 is 0 Å². The van der Waals surface area contributed by atoms with Crippen LogP contribution in [-0.4, -0.2) is 38.3 Å². The van der Waals surface area contributed by atoms with Crippen molar-refractivity contribution >= 4 is 5.91 Å². The molecule has 6 heteroatoms. The summed E-state index contributed by atoms with van der Waals surface area (Å²) in [5, 5.41) is 3.01. The standard InChI is InChI=1S/C20H22N2O4/c1-22-9-8-14-15(10-21-20(23)13-6-4-3-5-7-13)18-19(26-12-25-18)17(24-2)16(14)11-22/h3-7H,8-12H2,1-2H3,(H,21,23). The lowest BCUT2D eigenvalue weighted by atomic mass is 9.92. The Balaban J connectivity index is 1.69. The lowest BCUT2D eigenvalue weighted by molar-refractivity contribution is 0.0950. The van der Waals surface area contributed by atoms with Crippen LogP contribution in [0, 0.1) is 0 Å². The Bertz CT molecular complexity index is 836. The highest BCUT2D eigenvalue weighted by molar-refractivity contribution is 5.94. The van der Waals surface area contributed by atoms with E-state index in [1.54, 1.807) is 19.2 Å². The Morgan fingerprint density at radius 2 is 1.96 bits per heavy atom. The first kappa shape index (κ1) is 16.7. The minimum absolute atomic E-state index is 0.101. The van der Waals surface area contributed by atoms with Crippen LogP contribution in [0.4, 0.5) is 0 Å². The van der Waals surface area contributed by atoms with E-state index in [4.69, 9.17) is 14.2 Å². The van der Waals surface area contributed by atoms with Crippen LogP contribution in [0.25, 0.3) is 0 Å². The number of carbonyl (C=O) groups is 1. The lowest BCUT2D eigenvalue weighted by Gasteiger charge is -2.29. The summed E-state index contributed by atoms with van der Waals surface area (Å²) in [6.45, 7) is 2.31. The SMILES string of the molecule is COc1c2c(c(CNC(=O)c3ccccc3)c3c1OCO3)CCN(C)C2. The van der Waals surface area contributed by atoms with Gasteiger partial charge in [0.1, 0.15) is 0 Å². The number of ether oxygens (including phenoxy) is 3. The van der Waals surface area contributed by atoms with E-state index in [0.717, 1.165) is 36.4 Å². The predicted molar refractivity (Wildman–Crippen MR) is 96.8 cm³/mol. The second kappa shape index (κ2) is 6.88. The minimum atomic E-state index is -0.101. The first-order valence-electron chi connectivity index (χ1n) is 8.71. The number of hydrogen-bond donors (Lipinski definition) is 1. The molecule has 26 heavy (non-hydrogen) atoms. The highest BCUT2D eigenvalue weighted by atomic mass is 16.7. The van der Waals surface area contributed by atoms with E-state index >= 15 is 0 Å². The lowest BCUT2D eigenvalue weighted by Crippen LogP contribution is -2.30. The first-order valence-corrected chi connectivity index (χ1v) is 8.71. The summed E-state index contributed by atoms with van der Waals surface area (Å²) in [7, 11) is 3.74. The number of methoxy groups -OCH3 is 1. The third kappa shape index (κ3) is 2.86. The number of carbonyl (C=O) groups excluding carboxylic acids is 1. The Hall–Kier alpha value is -2.73. The molecule has 2 aromatic rings. The molecule has 0 aliphatic carbocycles. The molecule has 0 radical (unpaired) electrons. The van der Waals surface area contributed by atoms with Crippen LogP contribution in [0.5, 0.6) is 17.2 Å². The minimum Gasteiger partial charge on any atom is -0.492 e. The number of nitrogens with zero attached hydrogens (tertiary/aromatic N) is 1. The van der Waals surface area contributed by atoms with Crippen molar-refractivity contribution in [3.63, 3.8) is 0 Å². The zero-order valence-electron chi connectivity index (χ0n) is 15.0. The molecule has 2 aromatic carbocycles. The third-order valence-electron chi connectivity index (χ3n) is 4.93. The molecule has 2 heterocycles. The molecule has 0 spiro atoms. The van der Waals surface area contributed by atoms with E-state index in [1.165, 1.54) is 5.56 Å². The molecule has 0 bridgehead atoms. The van der Waals surface area contributed by atoms with Gasteiger partial charge in [-0.25, -0.2) is 0 Å². The summed E-state index contributed by atoms with van der Waals surface area (Å²) in [6.07, 6.45) is 0.884. The van der Waals surface area contributed by atoms with Gasteiger partial charge in [-0.05, 0) is 31.2 Å². The van der Waals surface area contributed by atoms with Gasteiger partial charge in [0, 0.05) is 36.3 Å². The number of nitrogens with one attached hydrogen (secondary N) is 1. The number of benzene rings is 2. The van der Waals surface area contributed by atoms with Crippen LogP contribution in [0.3, 0.4) is 0 Å². The van der Waals surface area contributed by atoms with Crippen LogP contribution >= 0.6 is 0 Å². The van der Waals surface area contributed by atoms with Crippen molar-refractivity contribution in [1.29, 1.82) is 0 Å². The first-order chi connectivity index (χ1) is 12.7. The van der Waals surface area contributed by atoms with Crippen LogP contribution < -0.4 is 19.5 Å². The zero-order chi connectivity index (χ0) is 18.1. The van der Waals surface area contributed by atoms with Gasteiger partial charge in [-0.2, -0.15) is 0 Å². The molecule has 0 unspecified atom stereocenters. The van der Waals surface area contributed by atoms with Crippen molar-refractivity contribution < 1.29 is 19.0 Å². The smallest absolute Gasteiger partial charge is 0.251 e. The molecular formula is C20H22N2O4. The highest BCUT2D eigenvalue weighted by Crippen LogP contribution is 2.49. The van der Waals surface area contributed by atoms with Gasteiger partial charge in [0.15, 0.2) is 11.5 Å². The molecule has 2 aliphatic heterocycles. The second-order valence-electron chi connectivity index (χ2n) is 6.57. The Morgan fingerprint density at radius 3 is 2.73 bits per heavy atom. The summed E-state index contributed by atoms with van der Waals surface area (Å²) < 4.78 is 17.0. The topological polar surface area (TPSA) is 60.0 Å². The summed E-state index contributed by atoms with van der Waals surface area (Å²) in [6, 6.07) is 9.21. The Labute approximate surface area is 152 Å². The maximum Gasteiger partial charge on any atom is 0.251 e. The maximum atomic E-state index is 12.4. The fourth-order valence-corrected chi connectivity index (χ4v) is 3.65. The van der Waals surface area contributed by atoms with E-state index < -0.39 is 0 Å². The number of amides is 1. The largest absolute Gasteiger partial charge is 0.492 e. The van der Waals surface area contributed by atoms with Gasteiger partial charge in [-0.1, -0.05) is 18.2 Å². The molecule has 6 nitrogen and oxygen atoms in total. The van der Waals surface area contributed by atoms with Gasteiger partial charge < -0.3 is 24.4 Å². The molecule has 0 saturated heterocycles. The molecule has 2 aliphatic rings. The summed E-state index contributed by atoms with van der Waals surface area (Å²) in [5.74, 6) is 1.98. The number of rotatable bonds is 4. The van der Waals surface area contributed by atoms with Crippen molar-refractivity contribution in [2.24, 2.45) is 0 Å². The molecule has 4 rings (SSSR count). The monoisotopic (exact) mass is 354 g/mol. The van der Waals surface area contributed by atoms with Crippen LogP contribution in [0.2, 0.25) is 0 Å². The second-order valence-corrected chi connectivity index (χ2v) is 6.57. The van der Waals surface area contributed by atoms with Crippen LogP contribution in [0.1, 0.15) is 27.0 Å². The Kier molecular flexibility index (Phi) is 4.42. The highest BCUT2D eigenvalue weighted by Gasteiger charge is 2.32. The fraction of sp³-hybridized carbons (Fsp3) is 0.350.